The van der Waals surface area contributed by atoms with Crippen molar-refractivity contribution in [3.8, 4) is 0 Å². The van der Waals surface area contributed by atoms with Gasteiger partial charge < -0.3 is 4.98 Å². The van der Waals surface area contributed by atoms with Gasteiger partial charge in [-0.25, -0.2) is 0 Å². The number of H-pyrrole nitrogens is 1. The highest BCUT2D eigenvalue weighted by Gasteiger charge is 2.27. The molecular weight excluding hydrogens is 236 g/mol. The van der Waals surface area contributed by atoms with E-state index in [1.165, 1.54) is 5.56 Å². The van der Waals surface area contributed by atoms with Crippen molar-refractivity contribution in [2.75, 3.05) is 6.54 Å². The SMILES string of the molecule is O=c1[nH]cccc1C1CCCN1Cc1ccccc1. The summed E-state index contributed by atoms with van der Waals surface area (Å²) in [5.74, 6) is 0. The molecular formula is C16H18N2O. The second kappa shape index (κ2) is 5.41. The zero-order chi connectivity index (χ0) is 13.1. The molecule has 1 aliphatic heterocycles. The number of hydrogen-bond donors (Lipinski definition) is 1. The van der Waals surface area contributed by atoms with Crippen molar-refractivity contribution in [2.24, 2.45) is 0 Å². The van der Waals surface area contributed by atoms with Gasteiger partial charge in [0, 0.05) is 24.3 Å². The highest BCUT2D eigenvalue weighted by molar-refractivity contribution is 5.18. The van der Waals surface area contributed by atoms with Crippen LogP contribution in [-0.4, -0.2) is 16.4 Å². The molecule has 1 aliphatic rings. The molecule has 0 amide bonds. The Kier molecular flexibility index (Phi) is 3.47. The van der Waals surface area contributed by atoms with E-state index in [-0.39, 0.29) is 11.6 Å². The average Bonchev–Trinajstić information content (AvgIpc) is 2.88. The fourth-order valence-corrected chi connectivity index (χ4v) is 2.88. The van der Waals surface area contributed by atoms with E-state index >= 15 is 0 Å². The van der Waals surface area contributed by atoms with E-state index in [4.69, 9.17) is 0 Å². The normalized spacial score (nSPS) is 19.7. The van der Waals surface area contributed by atoms with Crippen molar-refractivity contribution >= 4 is 0 Å². The summed E-state index contributed by atoms with van der Waals surface area (Å²) in [6, 6.07) is 14.6. The standard InChI is InChI=1S/C16H18N2O/c19-16-14(8-4-10-17-16)15-9-5-11-18(15)12-13-6-2-1-3-7-13/h1-4,6-8,10,15H,5,9,11-12H2,(H,17,19). The van der Waals surface area contributed by atoms with Gasteiger partial charge in [0.15, 0.2) is 0 Å². The van der Waals surface area contributed by atoms with Crippen LogP contribution < -0.4 is 5.56 Å². The zero-order valence-electron chi connectivity index (χ0n) is 10.9. The minimum atomic E-state index is 0.0486. The molecule has 1 aromatic carbocycles. The van der Waals surface area contributed by atoms with Gasteiger partial charge in [-0.3, -0.25) is 9.69 Å². The molecule has 2 aromatic rings. The summed E-state index contributed by atoms with van der Waals surface area (Å²) in [6.07, 6.45) is 3.92. The third-order valence-electron chi connectivity index (χ3n) is 3.80. The molecule has 3 heteroatoms. The maximum atomic E-state index is 11.9. The molecule has 3 rings (SSSR count). The fourth-order valence-electron chi connectivity index (χ4n) is 2.88. The van der Waals surface area contributed by atoms with Crippen molar-refractivity contribution in [3.05, 3.63) is 70.1 Å². The van der Waals surface area contributed by atoms with Crippen LogP contribution in [0.5, 0.6) is 0 Å². The lowest BCUT2D eigenvalue weighted by Crippen LogP contribution is -2.27. The molecule has 19 heavy (non-hydrogen) atoms. The lowest BCUT2D eigenvalue weighted by Gasteiger charge is -2.24. The van der Waals surface area contributed by atoms with E-state index in [1.807, 2.05) is 18.2 Å². The molecule has 1 saturated heterocycles. The van der Waals surface area contributed by atoms with Crippen LogP contribution in [0.1, 0.15) is 30.0 Å². The summed E-state index contributed by atoms with van der Waals surface area (Å²) in [7, 11) is 0. The molecule has 0 radical (unpaired) electrons. The first-order chi connectivity index (χ1) is 9.34. The van der Waals surface area contributed by atoms with E-state index < -0.39 is 0 Å². The number of aromatic nitrogens is 1. The molecule has 1 atom stereocenters. The van der Waals surface area contributed by atoms with Gasteiger partial charge in [-0.15, -0.1) is 0 Å². The second-order valence-corrected chi connectivity index (χ2v) is 5.07. The predicted octanol–water partition coefficient (Wildman–Crippen LogP) is 2.71. The van der Waals surface area contributed by atoms with Crippen LogP contribution >= 0.6 is 0 Å². The van der Waals surface area contributed by atoms with Gasteiger partial charge >= 0.3 is 0 Å². The second-order valence-electron chi connectivity index (χ2n) is 5.07. The van der Waals surface area contributed by atoms with E-state index in [1.54, 1.807) is 6.20 Å². The van der Waals surface area contributed by atoms with Crippen molar-refractivity contribution in [2.45, 2.75) is 25.4 Å². The summed E-state index contributed by atoms with van der Waals surface area (Å²) >= 11 is 0. The molecule has 1 aromatic heterocycles. The lowest BCUT2D eigenvalue weighted by atomic mass is 10.1. The molecule has 1 fully saturated rings. The smallest absolute Gasteiger partial charge is 0.252 e. The number of rotatable bonds is 3. The number of nitrogens with zero attached hydrogens (tertiary/aromatic N) is 1. The molecule has 2 heterocycles. The Bertz CT molecular complexity index is 591. The summed E-state index contributed by atoms with van der Waals surface area (Å²) in [6.45, 7) is 1.98. The summed E-state index contributed by atoms with van der Waals surface area (Å²) in [5, 5.41) is 0. The van der Waals surface area contributed by atoms with Crippen LogP contribution in [-0.2, 0) is 6.54 Å². The van der Waals surface area contributed by atoms with Gasteiger partial charge in [-0.2, -0.15) is 0 Å². The van der Waals surface area contributed by atoms with Gasteiger partial charge in [0.2, 0.25) is 0 Å². The fraction of sp³-hybridized carbons (Fsp3) is 0.312. The number of pyridine rings is 1. The monoisotopic (exact) mass is 254 g/mol. The molecule has 98 valence electrons. The minimum Gasteiger partial charge on any atom is -0.329 e. The van der Waals surface area contributed by atoms with E-state index in [2.05, 4.69) is 34.1 Å². The van der Waals surface area contributed by atoms with E-state index in [9.17, 15) is 4.79 Å². The van der Waals surface area contributed by atoms with Crippen LogP contribution in [0, 0.1) is 0 Å². The van der Waals surface area contributed by atoms with Crippen LogP contribution in [0.15, 0.2) is 53.5 Å². The van der Waals surface area contributed by atoms with Crippen LogP contribution in [0.2, 0.25) is 0 Å². The Balaban J connectivity index is 1.83. The third kappa shape index (κ3) is 2.61. The van der Waals surface area contributed by atoms with Crippen molar-refractivity contribution in [3.63, 3.8) is 0 Å². The first-order valence-electron chi connectivity index (χ1n) is 6.80. The Hall–Kier alpha value is -1.87. The number of aromatic amines is 1. The van der Waals surface area contributed by atoms with E-state index in [0.717, 1.165) is 31.5 Å². The average molecular weight is 254 g/mol. The number of nitrogens with one attached hydrogen (secondary N) is 1. The Morgan fingerprint density at radius 1 is 1.16 bits per heavy atom. The topological polar surface area (TPSA) is 36.1 Å². The van der Waals surface area contributed by atoms with Gasteiger partial charge in [-0.05, 0) is 31.0 Å². The summed E-state index contributed by atoms with van der Waals surface area (Å²) < 4.78 is 0. The molecule has 0 spiro atoms. The maximum Gasteiger partial charge on any atom is 0.252 e. The van der Waals surface area contributed by atoms with Gasteiger partial charge in [0.25, 0.3) is 5.56 Å². The molecule has 0 bridgehead atoms. The predicted molar refractivity (Wildman–Crippen MR) is 75.9 cm³/mol. The quantitative estimate of drug-likeness (QED) is 0.914. The van der Waals surface area contributed by atoms with Crippen LogP contribution in [0.25, 0.3) is 0 Å². The highest BCUT2D eigenvalue weighted by atomic mass is 16.1. The van der Waals surface area contributed by atoms with Crippen molar-refractivity contribution in [1.29, 1.82) is 0 Å². The Morgan fingerprint density at radius 3 is 2.79 bits per heavy atom. The Labute approximate surface area is 112 Å². The number of hydrogen-bond acceptors (Lipinski definition) is 2. The summed E-state index contributed by atoms with van der Waals surface area (Å²) in [5.41, 5.74) is 2.25. The first-order valence-corrected chi connectivity index (χ1v) is 6.80. The van der Waals surface area contributed by atoms with Crippen molar-refractivity contribution < 1.29 is 0 Å². The minimum absolute atomic E-state index is 0.0486. The van der Waals surface area contributed by atoms with Gasteiger partial charge in [0.1, 0.15) is 0 Å². The third-order valence-corrected chi connectivity index (χ3v) is 3.80. The van der Waals surface area contributed by atoms with Gasteiger partial charge in [-0.1, -0.05) is 36.4 Å². The van der Waals surface area contributed by atoms with Gasteiger partial charge in [0.05, 0.1) is 0 Å². The largest absolute Gasteiger partial charge is 0.329 e. The van der Waals surface area contributed by atoms with Crippen LogP contribution in [0.3, 0.4) is 0 Å². The summed E-state index contributed by atoms with van der Waals surface area (Å²) in [4.78, 5) is 17.1. The van der Waals surface area contributed by atoms with E-state index in [0.29, 0.717) is 0 Å². The maximum absolute atomic E-state index is 11.9. The first kappa shape index (κ1) is 12.2. The van der Waals surface area contributed by atoms with Crippen LogP contribution in [0.4, 0.5) is 0 Å². The highest BCUT2D eigenvalue weighted by Crippen LogP contribution is 2.31. The molecule has 3 nitrogen and oxygen atoms in total. The molecule has 1 N–H and O–H groups in total. The van der Waals surface area contributed by atoms with Crippen molar-refractivity contribution in [1.82, 2.24) is 9.88 Å². The molecule has 0 aliphatic carbocycles. The number of likely N-dealkylation sites (tertiary alicyclic amines) is 1. The zero-order valence-corrected chi connectivity index (χ0v) is 10.9. The Morgan fingerprint density at radius 2 is 2.00 bits per heavy atom. The molecule has 0 saturated carbocycles. The molecule has 1 unspecified atom stereocenters. The number of benzene rings is 1. The lowest BCUT2D eigenvalue weighted by molar-refractivity contribution is 0.247.